The third-order valence-corrected chi connectivity index (χ3v) is 2.65. The largest absolute Gasteiger partial charge is 0.497 e. The zero-order valence-electron chi connectivity index (χ0n) is 10.1. The van der Waals surface area contributed by atoms with Crippen LogP contribution in [-0.2, 0) is 12.8 Å². The molecule has 0 aliphatic carbocycles. The first-order valence-corrected chi connectivity index (χ1v) is 5.56. The minimum Gasteiger partial charge on any atom is -0.497 e. The molecule has 0 saturated heterocycles. The molecular formula is C14H16O3. The van der Waals surface area contributed by atoms with Gasteiger partial charge < -0.3 is 13.9 Å². The van der Waals surface area contributed by atoms with E-state index in [-0.39, 0.29) is 0 Å². The number of aryl methyl sites for hydroxylation is 2. The van der Waals surface area contributed by atoms with E-state index in [4.69, 9.17) is 13.9 Å². The van der Waals surface area contributed by atoms with Gasteiger partial charge in [0, 0.05) is 12.5 Å². The van der Waals surface area contributed by atoms with E-state index < -0.39 is 0 Å². The first kappa shape index (κ1) is 11.6. The van der Waals surface area contributed by atoms with Crippen LogP contribution in [0.25, 0.3) is 0 Å². The third-order valence-electron chi connectivity index (χ3n) is 2.65. The quantitative estimate of drug-likeness (QED) is 0.794. The molecule has 0 radical (unpaired) electrons. The summed E-state index contributed by atoms with van der Waals surface area (Å²) < 4.78 is 15.8. The summed E-state index contributed by atoms with van der Waals surface area (Å²) in [7, 11) is 3.32. The molecular weight excluding hydrogens is 216 g/mol. The van der Waals surface area contributed by atoms with Gasteiger partial charge in [0.25, 0.3) is 0 Å². The van der Waals surface area contributed by atoms with Crippen molar-refractivity contribution >= 4 is 0 Å². The number of rotatable bonds is 5. The van der Waals surface area contributed by atoms with Crippen molar-refractivity contribution in [3.05, 3.63) is 47.9 Å². The molecule has 0 unspecified atom stereocenters. The Bertz CT molecular complexity index is 438. The Kier molecular flexibility index (Phi) is 3.70. The van der Waals surface area contributed by atoms with E-state index in [0.29, 0.717) is 0 Å². The zero-order chi connectivity index (χ0) is 12.1. The van der Waals surface area contributed by atoms with E-state index in [1.165, 1.54) is 5.56 Å². The van der Waals surface area contributed by atoms with E-state index >= 15 is 0 Å². The molecule has 2 aromatic rings. The van der Waals surface area contributed by atoms with Crippen LogP contribution in [0, 0.1) is 0 Å². The molecule has 0 fully saturated rings. The van der Waals surface area contributed by atoms with Gasteiger partial charge in [0.15, 0.2) is 0 Å². The van der Waals surface area contributed by atoms with Gasteiger partial charge in [0.2, 0.25) is 0 Å². The van der Waals surface area contributed by atoms with E-state index in [9.17, 15) is 0 Å². The minimum atomic E-state index is 0.818. The average molecular weight is 232 g/mol. The number of methoxy groups -OCH3 is 2. The van der Waals surface area contributed by atoms with E-state index in [2.05, 4.69) is 0 Å². The molecule has 1 aromatic carbocycles. The fourth-order valence-electron chi connectivity index (χ4n) is 1.73. The monoisotopic (exact) mass is 232 g/mol. The predicted octanol–water partition coefficient (Wildman–Crippen LogP) is 3.08. The maximum Gasteiger partial charge on any atom is 0.122 e. The van der Waals surface area contributed by atoms with Crippen molar-refractivity contribution in [1.82, 2.24) is 0 Å². The highest BCUT2D eigenvalue weighted by atomic mass is 16.5. The Morgan fingerprint density at radius 3 is 2.24 bits per heavy atom. The van der Waals surface area contributed by atoms with E-state index in [1.807, 2.05) is 30.3 Å². The van der Waals surface area contributed by atoms with E-state index in [1.54, 1.807) is 20.5 Å². The number of benzene rings is 1. The van der Waals surface area contributed by atoms with Gasteiger partial charge in [-0.15, -0.1) is 0 Å². The van der Waals surface area contributed by atoms with E-state index in [0.717, 1.165) is 30.1 Å². The maximum absolute atomic E-state index is 5.31. The smallest absolute Gasteiger partial charge is 0.122 e. The average Bonchev–Trinajstić information content (AvgIpc) is 2.89. The molecule has 3 heteroatoms. The summed E-state index contributed by atoms with van der Waals surface area (Å²) in [6.07, 6.45) is 3.48. The van der Waals surface area contributed by atoms with Gasteiger partial charge >= 0.3 is 0 Å². The van der Waals surface area contributed by atoms with Crippen LogP contribution in [0.5, 0.6) is 11.5 Å². The SMILES string of the molecule is COc1cc(CCc2ccco2)cc(OC)c1. The molecule has 0 amide bonds. The summed E-state index contributed by atoms with van der Waals surface area (Å²) >= 11 is 0. The minimum absolute atomic E-state index is 0.818. The van der Waals surface area contributed by atoms with Gasteiger partial charge in [-0.3, -0.25) is 0 Å². The molecule has 1 aromatic heterocycles. The fourth-order valence-corrected chi connectivity index (χ4v) is 1.73. The third kappa shape index (κ3) is 3.03. The zero-order valence-corrected chi connectivity index (χ0v) is 10.1. The second kappa shape index (κ2) is 5.43. The standard InChI is InChI=1S/C14H16O3/c1-15-13-8-11(9-14(10-13)16-2)5-6-12-4-3-7-17-12/h3-4,7-10H,5-6H2,1-2H3. The second-order valence-electron chi connectivity index (χ2n) is 3.80. The Morgan fingerprint density at radius 1 is 1.00 bits per heavy atom. The van der Waals surface area contributed by atoms with Crippen molar-refractivity contribution < 1.29 is 13.9 Å². The molecule has 0 aliphatic heterocycles. The van der Waals surface area contributed by atoms with Crippen molar-refractivity contribution in [1.29, 1.82) is 0 Å². The number of hydrogen-bond donors (Lipinski definition) is 0. The molecule has 17 heavy (non-hydrogen) atoms. The van der Waals surface area contributed by atoms with Crippen LogP contribution in [0.15, 0.2) is 41.0 Å². The summed E-state index contributed by atoms with van der Waals surface area (Å²) in [5, 5.41) is 0. The molecule has 1 heterocycles. The lowest BCUT2D eigenvalue weighted by Gasteiger charge is -2.07. The van der Waals surface area contributed by atoms with Crippen LogP contribution in [0.1, 0.15) is 11.3 Å². The predicted molar refractivity (Wildman–Crippen MR) is 65.7 cm³/mol. The van der Waals surface area contributed by atoms with Crippen LogP contribution in [-0.4, -0.2) is 14.2 Å². The fraction of sp³-hybridized carbons (Fsp3) is 0.286. The summed E-state index contributed by atoms with van der Waals surface area (Å²) in [5.74, 6) is 2.63. The number of furan rings is 1. The molecule has 0 bridgehead atoms. The van der Waals surface area contributed by atoms with Crippen LogP contribution < -0.4 is 9.47 Å². The summed E-state index contributed by atoms with van der Waals surface area (Å²) in [6.45, 7) is 0. The van der Waals surface area contributed by atoms with Crippen LogP contribution in [0.2, 0.25) is 0 Å². The number of ether oxygens (including phenoxy) is 2. The van der Waals surface area contributed by atoms with Gasteiger partial charge in [-0.05, 0) is 36.2 Å². The normalized spacial score (nSPS) is 10.2. The van der Waals surface area contributed by atoms with Gasteiger partial charge in [-0.1, -0.05) is 0 Å². The summed E-state index contributed by atoms with van der Waals surface area (Å²) in [6, 6.07) is 9.80. The lowest BCUT2D eigenvalue weighted by molar-refractivity contribution is 0.393. The van der Waals surface area contributed by atoms with Gasteiger partial charge in [0.05, 0.1) is 20.5 Å². The van der Waals surface area contributed by atoms with Crippen molar-refractivity contribution in [2.45, 2.75) is 12.8 Å². The van der Waals surface area contributed by atoms with Crippen molar-refractivity contribution in [3.63, 3.8) is 0 Å². The van der Waals surface area contributed by atoms with Crippen molar-refractivity contribution in [3.8, 4) is 11.5 Å². The van der Waals surface area contributed by atoms with Crippen LogP contribution in [0.4, 0.5) is 0 Å². The highest BCUT2D eigenvalue weighted by Crippen LogP contribution is 2.23. The highest BCUT2D eigenvalue weighted by Gasteiger charge is 2.03. The molecule has 3 nitrogen and oxygen atoms in total. The summed E-state index contributed by atoms with van der Waals surface area (Å²) in [4.78, 5) is 0. The Morgan fingerprint density at radius 2 is 1.71 bits per heavy atom. The van der Waals surface area contributed by atoms with Gasteiger partial charge in [-0.2, -0.15) is 0 Å². The topological polar surface area (TPSA) is 31.6 Å². The Labute approximate surface area is 101 Å². The van der Waals surface area contributed by atoms with Gasteiger partial charge in [0.1, 0.15) is 17.3 Å². The van der Waals surface area contributed by atoms with Crippen LogP contribution >= 0.6 is 0 Å². The molecule has 0 aliphatic rings. The number of hydrogen-bond acceptors (Lipinski definition) is 3. The Hall–Kier alpha value is -1.90. The second-order valence-corrected chi connectivity index (χ2v) is 3.80. The maximum atomic E-state index is 5.31. The molecule has 2 rings (SSSR count). The molecule has 0 atom stereocenters. The van der Waals surface area contributed by atoms with Crippen molar-refractivity contribution in [2.24, 2.45) is 0 Å². The van der Waals surface area contributed by atoms with Crippen LogP contribution in [0.3, 0.4) is 0 Å². The molecule has 0 N–H and O–H groups in total. The highest BCUT2D eigenvalue weighted by molar-refractivity contribution is 5.38. The van der Waals surface area contributed by atoms with Crippen molar-refractivity contribution in [2.75, 3.05) is 14.2 Å². The van der Waals surface area contributed by atoms with Gasteiger partial charge in [-0.25, -0.2) is 0 Å². The summed E-state index contributed by atoms with van der Waals surface area (Å²) in [5.41, 5.74) is 1.18. The lowest BCUT2D eigenvalue weighted by atomic mass is 10.1. The Balaban J connectivity index is 2.09. The molecule has 90 valence electrons. The lowest BCUT2D eigenvalue weighted by Crippen LogP contribution is -1.93. The molecule has 0 spiro atoms. The molecule has 0 saturated carbocycles. The first-order valence-electron chi connectivity index (χ1n) is 5.56. The first-order chi connectivity index (χ1) is 8.31.